The SMILES string of the molecule is CC(C)(C)CNCCCNC(=O)C1CCC1. The summed E-state index contributed by atoms with van der Waals surface area (Å²) in [4.78, 5) is 11.5. The molecule has 1 fully saturated rings. The Hall–Kier alpha value is -0.570. The highest BCUT2D eigenvalue weighted by Crippen LogP contribution is 2.25. The summed E-state index contributed by atoms with van der Waals surface area (Å²) in [5.41, 5.74) is 0.342. The summed E-state index contributed by atoms with van der Waals surface area (Å²) in [5.74, 6) is 0.588. The molecule has 0 aromatic heterocycles. The van der Waals surface area contributed by atoms with Crippen LogP contribution in [0.1, 0.15) is 46.5 Å². The van der Waals surface area contributed by atoms with E-state index >= 15 is 0 Å². The lowest BCUT2D eigenvalue weighted by Crippen LogP contribution is -2.36. The Morgan fingerprint density at radius 2 is 1.94 bits per heavy atom. The predicted octanol–water partition coefficient (Wildman–Crippen LogP) is 1.93. The number of hydrogen-bond donors (Lipinski definition) is 2. The van der Waals surface area contributed by atoms with Gasteiger partial charge >= 0.3 is 0 Å². The van der Waals surface area contributed by atoms with Crippen molar-refractivity contribution in [3.8, 4) is 0 Å². The second-order valence-electron chi connectivity index (χ2n) is 6.01. The molecule has 1 saturated carbocycles. The van der Waals surface area contributed by atoms with Gasteiger partial charge in [0.2, 0.25) is 5.91 Å². The summed E-state index contributed by atoms with van der Waals surface area (Å²) in [6.07, 6.45) is 4.43. The Morgan fingerprint density at radius 1 is 1.25 bits per heavy atom. The minimum atomic E-state index is 0.266. The fraction of sp³-hybridized carbons (Fsp3) is 0.923. The maximum absolute atomic E-state index is 11.5. The minimum Gasteiger partial charge on any atom is -0.356 e. The molecule has 0 heterocycles. The quantitative estimate of drug-likeness (QED) is 0.679. The van der Waals surface area contributed by atoms with Crippen molar-refractivity contribution < 1.29 is 4.79 Å². The standard InChI is InChI=1S/C13H26N2O/c1-13(2,3)10-14-8-5-9-15-12(16)11-6-4-7-11/h11,14H,4-10H2,1-3H3,(H,15,16). The molecular formula is C13H26N2O. The molecule has 1 rings (SSSR count). The van der Waals surface area contributed by atoms with Crippen molar-refractivity contribution >= 4 is 5.91 Å². The first-order chi connectivity index (χ1) is 7.49. The van der Waals surface area contributed by atoms with Gasteiger partial charge in [0.05, 0.1) is 0 Å². The number of carbonyl (C=O) groups excluding carboxylic acids is 1. The first kappa shape index (κ1) is 13.5. The third kappa shape index (κ3) is 5.50. The van der Waals surface area contributed by atoms with E-state index in [1.807, 2.05) is 0 Å². The van der Waals surface area contributed by atoms with Gasteiger partial charge in [0.1, 0.15) is 0 Å². The van der Waals surface area contributed by atoms with Crippen LogP contribution in [0.3, 0.4) is 0 Å². The number of nitrogens with one attached hydrogen (secondary N) is 2. The van der Waals surface area contributed by atoms with Crippen molar-refractivity contribution in [3.05, 3.63) is 0 Å². The molecule has 94 valence electrons. The molecule has 0 unspecified atom stereocenters. The van der Waals surface area contributed by atoms with Crippen molar-refractivity contribution in [3.63, 3.8) is 0 Å². The fourth-order valence-corrected chi connectivity index (χ4v) is 1.70. The van der Waals surface area contributed by atoms with Gasteiger partial charge in [0, 0.05) is 12.5 Å². The van der Waals surface area contributed by atoms with Gasteiger partial charge in [-0.2, -0.15) is 0 Å². The third-order valence-corrected chi connectivity index (χ3v) is 2.96. The lowest BCUT2D eigenvalue weighted by atomic mass is 9.85. The molecule has 0 aromatic rings. The van der Waals surface area contributed by atoms with E-state index in [-0.39, 0.29) is 5.91 Å². The lowest BCUT2D eigenvalue weighted by molar-refractivity contribution is -0.127. The molecule has 0 aliphatic heterocycles. The smallest absolute Gasteiger partial charge is 0.223 e. The Labute approximate surface area is 99.4 Å². The Kier molecular flexibility index (Phi) is 5.26. The third-order valence-electron chi connectivity index (χ3n) is 2.96. The van der Waals surface area contributed by atoms with Crippen molar-refractivity contribution in [1.29, 1.82) is 0 Å². The maximum atomic E-state index is 11.5. The molecule has 0 aromatic carbocycles. The van der Waals surface area contributed by atoms with Gasteiger partial charge in [0.25, 0.3) is 0 Å². The van der Waals surface area contributed by atoms with Crippen LogP contribution in [0.15, 0.2) is 0 Å². The summed E-state index contributed by atoms with van der Waals surface area (Å²) in [7, 11) is 0. The molecular weight excluding hydrogens is 200 g/mol. The molecule has 16 heavy (non-hydrogen) atoms. The normalized spacial score (nSPS) is 16.9. The zero-order valence-electron chi connectivity index (χ0n) is 10.9. The van der Waals surface area contributed by atoms with Gasteiger partial charge < -0.3 is 10.6 Å². The van der Waals surface area contributed by atoms with Gasteiger partial charge in [-0.25, -0.2) is 0 Å². The van der Waals surface area contributed by atoms with E-state index in [0.717, 1.165) is 38.9 Å². The topological polar surface area (TPSA) is 41.1 Å². The highest BCUT2D eigenvalue weighted by atomic mass is 16.1. The molecule has 3 nitrogen and oxygen atoms in total. The molecule has 1 aliphatic rings. The van der Waals surface area contributed by atoms with E-state index in [0.29, 0.717) is 11.3 Å². The van der Waals surface area contributed by atoms with Crippen molar-refractivity contribution in [1.82, 2.24) is 10.6 Å². The van der Waals surface area contributed by atoms with Crippen LogP contribution in [-0.4, -0.2) is 25.5 Å². The first-order valence-electron chi connectivity index (χ1n) is 6.47. The van der Waals surface area contributed by atoms with Gasteiger partial charge in [0.15, 0.2) is 0 Å². The van der Waals surface area contributed by atoms with E-state index in [1.54, 1.807) is 0 Å². The summed E-state index contributed by atoms with van der Waals surface area (Å²) in [6, 6.07) is 0. The zero-order valence-corrected chi connectivity index (χ0v) is 10.9. The monoisotopic (exact) mass is 226 g/mol. The van der Waals surface area contributed by atoms with E-state index in [4.69, 9.17) is 0 Å². The van der Waals surface area contributed by atoms with Crippen LogP contribution in [0.4, 0.5) is 0 Å². The molecule has 0 spiro atoms. The van der Waals surface area contributed by atoms with E-state index in [2.05, 4.69) is 31.4 Å². The number of amides is 1. The molecule has 1 aliphatic carbocycles. The van der Waals surface area contributed by atoms with E-state index in [1.165, 1.54) is 6.42 Å². The van der Waals surface area contributed by atoms with Gasteiger partial charge in [-0.1, -0.05) is 27.2 Å². The summed E-state index contributed by atoms with van der Waals surface area (Å²) < 4.78 is 0. The van der Waals surface area contributed by atoms with E-state index in [9.17, 15) is 4.79 Å². The molecule has 2 N–H and O–H groups in total. The largest absolute Gasteiger partial charge is 0.356 e. The molecule has 0 bridgehead atoms. The van der Waals surface area contributed by atoms with Gasteiger partial charge in [-0.3, -0.25) is 4.79 Å². The Morgan fingerprint density at radius 3 is 2.44 bits per heavy atom. The highest BCUT2D eigenvalue weighted by Gasteiger charge is 2.24. The van der Waals surface area contributed by atoms with Crippen LogP contribution >= 0.6 is 0 Å². The summed E-state index contributed by atoms with van der Waals surface area (Å²) in [5, 5.41) is 6.41. The average molecular weight is 226 g/mol. The van der Waals surface area contributed by atoms with Crippen LogP contribution in [0, 0.1) is 11.3 Å². The second-order valence-corrected chi connectivity index (χ2v) is 6.01. The number of carbonyl (C=O) groups is 1. The number of hydrogen-bond acceptors (Lipinski definition) is 2. The average Bonchev–Trinajstić information content (AvgIpc) is 2.06. The molecule has 0 atom stereocenters. The van der Waals surface area contributed by atoms with Crippen LogP contribution < -0.4 is 10.6 Å². The van der Waals surface area contributed by atoms with Crippen LogP contribution in [0.2, 0.25) is 0 Å². The van der Waals surface area contributed by atoms with Crippen molar-refractivity contribution in [2.45, 2.75) is 46.5 Å². The second kappa shape index (κ2) is 6.24. The van der Waals surface area contributed by atoms with Crippen LogP contribution in [-0.2, 0) is 4.79 Å². The molecule has 3 heteroatoms. The van der Waals surface area contributed by atoms with Gasteiger partial charge in [-0.05, 0) is 37.8 Å². The highest BCUT2D eigenvalue weighted by molar-refractivity contribution is 5.79. The van der Waals surface area contributed by atoms with Gasteiger partial charge in [-0.15, -0.1) is 0 Å². The lowest BCUT2D eigenvalue weighted by Gasteiger charge is -2.24. The zero-order chi connectivity index (χ0) is 12.0. The molecule has 0 saturated heterocycles. The maximum Gasteiger partial charge on any atom is 0.223 e. The summed E-state index contributed by atoms with van der Waals surface area (Å²) in [6.45, 7) is 9.49. The predicted molar refractivity (Wildman–Crippen MR) is 67.3 cm³/mol. The molecule has 1 amide bonds. The first-order valence-corrected chi connectivity index (χ1v) is 6.47. The Balaban J connectivity index is 1.89. The molecule has 0 radical (unpaired) electrons. The van der Waals surface area contributed by atoms with Crippen molar-refractivity contribution in [2.24, 2.45) is 11.3 Å². The van der Waals surface area contributed by atoms with E-state index < -0.39 is 0 Å². The number of rotatable bonds is 6. The Bertz CT molecular complexity index is 216. The van der Waals surface area contributed by atoms with Crippen LogP contribution in [0.25, 0.3) is 0 Å². The van der Waals surface area contributed by atoms with Crippen molar-refractivity contribution in [2.75, 3.05) is 19.6 Å². The fourth-order valence-electron chi connectivity index (χ4n) is 1.70. The summed E-state index contributed by atoms with van der Waals surface area (Å²) >= 11 is 0. The van der Waals surface area contributed by atoms with Crippen LogP contribution in [0.5, 0.6) is 0 Å². The minimum absolute atomic E-state index is 0.266.